The van der Waals surface area contributed by atoms with Gasteiger partial charge in [-0.2, -0.15) is 0 Å². The first-order valence-corrected chi connectivity index (χ1v) is 11.4. The van der Waals surface area contributed by atoms with Crippen molar-refractivity contribution in [2.45, 2.75) is 33.2 Å². The number of hydrogen-bond acceptors (Lipinski definition) is 6. The van der Waals surface area contributed by atoms with Crippen molar-refractivity contribution in [3.8, 4) is 11.4 Å². The first-order chi connectivity index (χ1) is 14.9. The average molecular weight is 458 g/mol. The van der Waals surface area contributed by atoms with E-state index in [9.17, 15) is 9.59 Å². The van der Waals surface area contributed by atoms with Gasteiger partial charge >= 0.3 is 0 Å². The SMILES string of the molecule is Cc1nc(NC(=O)c2cnc(-c3ccc(Cl)cc3)[nH]c2=O)sc1CN1CCC(C)CC1. The number of halogens is 1. The van der Waals surface area contributed by atoms with Gasteiger partial charge in [-0.15, -0.1) is 11.3 Å². The molecule has 0 radical (unpaired) electrons. The fourth-order valence-electron chi connectivity index (χ4n) is 3.53. The number of nitrogens with zero attached hydrogens (tertiary/aromatic N) is 3. The smallest absolute Gasteiger partial charge is 0.264 e. The van der Waals surface area contributed by atoms with Crippen molar-refractivity contribution in [3.05, 3.63) is 62.0 Å². The quantitative estimate of drug-likeness (QED) is 0.594. The zero-order valence-electron chi connectivity index (χ0n) is 17.4. The Balaban J connectivity index is 1.44. The zero-order chi connectivity index (χ0) is 22.0. The number of aryl methyl sites for hydroxylation is 1. The highest BCUT2D eigenvalue weighted by Gasteiger charge is 2.20. The number of benzene rings is 1. The fourth-order valence-corrected chi connectivity index (χ4v) is 4.65. The van der Waals surface area contributed by atoms with Crippen molar-refractivity contribution in [1.82, 2.24) is 19.9 Å². The van der Waals surface area contributed by atoms with Crippen LogP contribution in [0.5, 0.6) is 0 Å². The Kier molecular flexibility index (Phi) is 6.50. The lowest BCUT2D eigenvalue weighted by molar-refractivity contribution is 0.102. The largest absolute Gasteiger partial charge is 0.306 e. The Labute approximate surface area is 189 Å². The van der Waals surface area contributed by atoms with Crippen molar-refractivity contribution >= 4 is 34.0 Å². The van der Waals surface area contributed by atoms with Gasteiger partial charge in [-0.1, -0.05) is 18.5 Å². The molecular formula is C22H24ClN5O2S. The topological polar surface area (TPSA) is 91.0 Å². The summed E-state index contributed by atoms with van der Waals surface area (Å²) >= 11 is 7.35. The molecule has 1 aliphatic rings. The molecule has 3 aromatic rings. The highest BCUT2D eigenvalue weighted by molar-refractivity contribution is 7.15. The average Bonchev–Trinajstić information content (AvgIpc) is 3.08. The number of carbonyl (C=O) groups excluding carboxylic acids is 1. The molecule has 1 amide bonds. The van der Waals surface area contributed by atoms with E-state index in [0.717, 1.165) is 36.1 Å². The third-order valence-electron chi connectivity index (χ3n) is 5.52. The van der Waals surface area contributed by atoms with Crippen LogP contribution in [0.15, 0.2) is 35.3 Å². The van der Waals surface area contributed by atoms with Gasteiger partial charge in [-0.25, -0.2) is 9.97 Å². The first kappa shape index (κ1) is 21.7. The van der Waals surface area contributed by atoms with E-state index in [1.54, 1.807) is 24.3 Å². The van der Waals surface area contributed by atoms with Gasteiger partial charge in [0, 0.05) is 28.2 Å². The molecule has 9 heteroatoms. The van der Waals surface area contributed by atoms with Crippen LogP contribution >= 0.6 is 22.9 Å². The number of H-pyrrole nitrogens is 1. The Bertz CT molecular complexity index is 1130. The van der Waals surface area contributed by atoms with Crippen molar-refractivity contribution in [1.29, 1.82) is 0 Å². The van der Waals surface area contributed by atoms with Gasteiger partial charge in [0.2, 0.25) is 0 Å². The lowest BCUT2D eigenvalue weighted by Gasteiger charge is -2.29. The Morgan fingerprint density at radius 3 is 2.68 bits per heavy atom. The van der Waals surface area contributed by atoms with E-state index in [-0.39, 0.29) is 5.56 Å². The third kappa shape index (κ3) is 5.20. The van der Waals surface area contributed by atoms with Crippen molar-refractivity contribution in [3.63, 3.8) is 0 Å². The Hall–Kier alpha value is -2.55. The van der Waals surface area contributed by atoms with Crippen LogP contribution in [0.25, 0.3) is 11.4 Å². The molecule has 2 N–H and O–H groups in total. The number of piperidine rings is 1. The molecule has 1 fully saturated rings. The number of likely N-dealkylation sites (tertiary alicyclic amines) is 1. The molecule has 31 heavy (non-hydrogen) atoms. The van der Waals surface area contributed by atoms with Crippen LogP contribution in [0.4, 0.5) is 5.13 Å². The van der Waals surface area contributed by atoms with E-state index < -0.39 is 11.5 Å². The number of carbonyl (C=O) groups is 1. The minimum atomic E-state index is -0.525. The van der Waals surface area contributed by atoms with E-state index in [1.165, 1.54) is 30.4 Å². The van der Waals surface area contributed by atoms with Crippen LogP contribution in [0, 0.1) is 12.8 Å². The summed E-state index contributed by atoms with van der Waals surface area (Å²) in [6.07, 6.45) is 3.71. The number of rotatable bonds is 5. The number of anilines is 1. The molecule has 0 atom stereocenters. The van der Waals surface area contributed by atoms with E-state index in [4.69, 9.17) is 11.6 Å². The maximum Gasteiger partial charge on any atom is 0.264 e. The first-order valence-electron chi connectivity index (χ1n) is 10.2. The van der Waals surface area contributed by atoms with E-state index in [2.05, 4.69) is 32.1 Å². The molecule has 7 nitrogen and oxygen atoms in total. The minimum Gasteiger partial charge on any atom is -0.306 e. The van der Waals surface area contributed by atoms with E-state index >= 15 is 0 Å². The molecule has 0 saturated carbocycles. The number of nitrogens with one attached hydrogen (secondary N) is 2. The Morgan fingerprint density at radius 2 is 2.00 bits per heavy atom. The predicted molar refractivity (Wildman–Crippen MR) is 124 cm³/mol. The van der Waals surface area contributed by atoms with Gasteiger partial charge in [-0.3, -0.25) is 19.8 Å². The summed E-state index contributed by atoms with van der Waals surface area (Å²) in [6, 6.07) is 6.93. The van der Waals surface area contributed by atoms with Gasteiger partial charge in [0.15, 0.2) is 5.13 Å². The monoisotopic (exact) mass is 457 g/mol. The van der Waals surface area contributed by atoms with Gasteiger partial charge in [0.25, 0.3) is 11.5 Å². The third-order valence-corrected chi connectivity index (χ3v) is 6.83. The molecule has 1 saturated heterocycles. The molecule has 1 aliphatic heterocycles. The standard InChI is InChI=1S/C22H24ClN5O2S/c1-13-7-9-28(10-8-13)12-18-14(2)25-22(31-18)27-21(30)17-11-24-19(26-20(17)29)15-3-5-16(23)6-4-15/h3-6,11,13H,7-10,12H2,1-2H3,(H,24,26,29)(H,25,27,30). The maximum absolute atomic E-state index is 12.6. The molecule has 0 spiro atoms. The van der Waals surface area contributed by atoms with Gasteiger partial charge in [0.05, 0.1) is 5.69 Å². The number of aromatic nitrogens is 3. The van der Waals surface area contributed by atoms with Crippen LogP contribution in [0.2, 0.25) is 5.02 Å². The number of aromatic amines is 1. The summed E-state index contributed by atoms with van der Waals surface area (Å²) in [5, 5.41) is 3.83. The molecule has 0 bridgehead atoms. The van der Waals surface area contributed by atoms with Crippen molar-refractivity contribution in [2.75, 3.05) is 18.4 Å². The highest BCUT2D eigenvalue weighted by Crippen LogP contribution is 2.26. The Morgan fingerprint density at radius 1 is 1.29 bits per heavy atom. The van der Waals surface area contributed by atoms with Crippen molar-refractivity contribution in [2.24, 2.45) is 5.92 Å². The lowest BCUT2D eigenvalue weighted by Crippen LogP contribution is -2.32. The van der Waals surface area contributed by atoms with Gasteiger partial charge in [-0.05, 0) is 63.0 Å². The predicted octanol–water partition coefficient (Wildman–Crippen LogP) is 4.34. The van der Waals surface area contributed by atoms with Gasteiger partial charge in [0.1, 0.15) is 11.4 Å². The van der Waals surface area contributed by atoms with Crippen LogP contribution < -0.4 is 10.9 Å². The molecule has 2 aromatic heterocycles. The molecule has 0 unspecified atom stereocenters. The summed E-state index contributed by atoms with van der Waals surface area (Å²) in [7, 11) is 0. The molecule has 3 heterocycles. The number of hydrogen-bond donors (Lipinski definition) is 2. The van der Waals surface area contributed by atoms with Crippen LogP contribution in [-0.2, 0) is 6.54 Å². The molecule has 162 valence electrons. The zero-order valence-corrected chi connectivity index (χ0v) is 19.0. The number of amides is 1. The van der Waals surface area contributed by atoms with Crippen molar-refractivity contribution < 1.29 is 4.79 Å². The van der Waals surface area contributed by atoms with Crippen LogP contribution in [0.3, 0.4) is 0 Å². The second-order valence-electron chi connectivity index (χ2n) is 7.92. The van der Waals surface area contributed by atoms with Gasteiger partial charge < -0.3 is 4.98 Å². The number of thiazole rings is 1. The highest BCUT2D eigenvalue weighted by atomic mass is 35.5. The van der Waals surface area contributed by atoms with Crippen LogP contribution in [-0.4, -0.2) is 38.8 Å². The van der Waals surface area contributed by atoms with E-state index in [0.29, 0.717) is 21.5 Å². The molecule has 0 aliphatic carbocycles. The summed E-state index contributed by atoms with van der Waals surface area (Å²) in [5.41, 5.74) is 1.05. The summed E-state index contributed by atoms with van der Waals surface area (Å²) in [4.78, 5) is 40.0. The normalized spacial score (nSPS) is 15.2. The lowest BCUT2D eigenvalue weighted by atomic mass is 9.99. The minimum absolute atomic E-state index is 0.0582. The van der Waals surface area contributed by atoms with Crippen LogP contribution in [0.1, 0.15) is 40.7 Å². The molecule has 1 aromatic carbocycles. The maximum atomic E-state index is 12.6. The summed E-state index contributed by atoms with van der Waals surface area (Å²) in [6.45, 7) is 7.25. The second kappa shape index (κ2) is 9.30. The molecular weight excluding hydrogens is 434 g/mol. The van der Waals surface area contributed by atoms with E-state index in [1.807, 2.05) is 6.92 Å². The summed E-state index contributed by atoms with van der Waals surface area (Å²) in [5.74, 6) is 0.636. The fraction of sp³-hybridized carbons (Fsp3) is 0.364. The second-order valence-corrected chi connectivity index (χ2v) is 9.44. The molecule has 4 rings (SSSR count). The summed E-state index contributed by atoms with van der Waals surface area (Å²) < 4.78 is 0.